The molecule has 2 aromatic heterocycles. The van der Waals surface area contributed by atoms with Gasteiger partial charge in [0.05, 0.1) is 16.3 Å². The Kier molecular flexibility index (Phi) is 5.24. The van der Waals surface area contributed by atoms with Gasteiger partial charge in [-0.05, 0) is 41.0 Å². The molecule has 0 aliphatic heterocycles. The van der Waals surface area contributed by atoms with Crippen molar-refractivity contribution in [2.45, 2.75) is 6.42 Å². The highest BCUT2D eigenvalue weighted by atomic mass is 35.5. The number of hydrogen-bond donors (Lipinski definition) is 1. The van der Waals surface area contributed by atoms with Gasteiger partial charge in [0.2, 0.25) is 0 Å². The van der Waals surface area contributed by atoms with Gasteiger partial charge in [0, 0.05) is 35.2 Å². The maximum absolute atomic E-state index is 13.0. The number of nitro benzene ring substituents is 1. The van der Waals surface area contributed by atoms with Crippen molar-refractivity contribution in [3.8, 4) is 22.4 Å². The Morgan fingerprint density at radius 2 is 1.61 bits per heavy atom. The summed E-state index contributed by atoms with van der Waals surface area (Å²) < 4.78 is 1.36. The van der Waals surface area contributed by atoms with E-state index in [1.165, 1.54) is 22.7 Å². The standard InChI is InChI=1S/C25H17ClN4O3/c26-19-10-6-18(7-11-19)24-22(14-16-4-2-1-3-5-16)28-29-23(31)15-21(27-25(24)29)17-8-12-20(13-9-17)30(32)33/h1-13,15,27H,14H2. The lowest BCUT2D eigenvalue weighted by Gasteiger charge is -2.06. The number of H-pyrrole nitrogens is 1. The molecule has 33 heavy (non-hydrogen) atoms. The second-order valence-corrected chi connectivity index (χ2v) is 8.01. The van der Waals surface area contributed by atoms with E-state index in [0.29, 0.717) is 28.3 Å². The minimum absolute atomic E-state index is 0.0153. The molecule has 0 saturated carbocycles. The third kappa shape index (κ3) is 4.02. The molecule has 5 aromatic rings. The number of nitrogens with zero attached hydrogens (tertiary/aromatic N) is 3. The Balaban J connectivity index is 1.71. The van der Waals surface area contributed by atoms with Crippen LogP contribution in [-0.2, 0) is 6.42 Å². The fourth-order valence-electron chi connectivity index (χ4n) is 3.84. The van der Waals surface area contributed by atoms with Crippen LogP contribution < -0.4 is 5.56 Å². The molecule has 7 nitrogen and oxygen atoms in total. The molecule has 0 radical (unpaired) electrons. The van der Waals surface area contributed by atoms with Crippen molar-refractivity contribution >= 4 is 22.9 Å². The Hall–Kier alpha value is -4.23. The van der Waals surface area contributed by atoms with Gasteiger partial charge >= 0.3 is 0 Å². The van der Waals surface area contributed by atoms with Crippen molar-refractivity contribution < 1.29 is 4.92 Å². The molecular formula is C25H17ClN4O3. The van der Waals surface area contributed by atoms with Crippen LogP contribution >= 0.6 is 11.6 Å². The van der Waals surface area contributed by atoms with Crippen molar-refractivity contribution in [1.82, 2.24) is 14.6 Å². The molecule has 0 spiro atoms. The molecule has 0 bridgehead atoms. The van der Waals surface area contributed by atoms with Crippen LogP contribution in [0, 0.1) is 10.1 Å². The first-order valence-electron chi connectivity index (χ1n) is 10.2. The largest absolute Gasteiger partial charge is 0.339 e. The monoisotopic (exact) mass is 456 g/mol. The number of aromatic nitrogens is 3. The highest BCUT2D eigenvalue weighted by molar-refractivity contribution is 6.30. The number of nitrogens with one attached hydrogen (secondary N) is 1. The lowest BCUT2D eigenvalue weighted by molar-refractivity contribution is -0.384. The number of rotatable bonds is 5. The van der Waals surface area contributed by atoms with Gasteiger partial charge < -0.3 is 4.98 Å². The van der Waals surface area contributed by atoms with Crippen LogP contribution in [0.4, 0.5) is 5.69 Å². The zero-order chi connectivity index (χ0) is 22.9. The van der Waals surface area contributed by atoms with Crippen LogP contribution in [0.5, 0.6) is 0 Å². The van der Waals surface area contributed by atoms with E-state index in [2.05, 4.69) is 10.1 Å². The zero-order valence-electron chi connectivity index (χ0n) is 17.2. The quantitative estimate of drug-likeness (QED) is 0.279. The molecule has 162 valence electrons. The summed E-state index contributed by atoms with van der Waals surface area (Å²) in [6.45, 7) is 0. The molecule has 3 aromatic carbocycles. The average molecular weight is 457 g/mol. The second kappa shape index (κ2) is 8.37. The van der Waals surface area contributed by atoms with E-state index in [-0.39, 0.29) is 11.2 Å². The Morgan fingerprint density at radius 1 is 0.939 bits per heavy atom. The van der Waals surface area contributed by atoms with Crippen LogP contribution in [0.3, 0.4) is 0 Å². The first-order valence-corrected chi connectivity index (χ1v) is 10.6. The second-order valence-electron chi connectivity index (χ2n) is 7.58. The summed E-state index contributed by atoms with van der Waals surface area (Å²) in [5.41, 5.74) is 4.93. The number of aromatic amines is 1. The summed E-state index contributed by atoms with van der Waals surface area (Å²) in [6, 6.07) is 24.8. The average Bonchev–Trinajstić information content (AvgIpc) is 3.19. The summed E-state index contributed by atoms with van der Waals surface area (Å²) in [5.74, 6) is 0. The van der Waals surface area contributed by atoms with Crippen LogP contribution in [0.1, 0.15) is 11.3 Å². The van der Waals surface area contributed by atoms with Gasteiger partial charge in [0.1, 0.15) is 5.65 Å². The molecule has 1 N–H and O–H groups in total. The molecular weight excluding hydrogens is 440 g/mol. The Bertz CT molecular complexity index is 1520. The fraction of sp³-hybridized carbons (Fsp3) is 0.0400. The third-order valence-corrected chi connectivity index (χ3v) is 5.68. The van der Waals surface area contributed by atoms with Crippen molar-refractivity contribution in [2.75, 3.05) is 0 Å². The van der Waals surface area contributed by atoms with Crippen molar-refractivity contribution in [3.05, 3.63) is 122 Å². The third-order valence-electron chi connectivity index (χ3n) is 5.42. The van der Waals surface area contributed by atoms with E-state index in [4.69, 9.17) is 11.6 Å². The predicted octanol–water partition coefficient (Wildman–Crippen LogP) is 5.51. The number of halogens is 1. The first kappa shape index (κ1) is 20.7. The van der Waals surface area contributed by atoms with Gasteiger partial charge in [0.15, 0.2) is 0 Å². The van der Waals surface area contributed by atoms with Gasteiger partial charge in [0.25, 0.3) is 11.2 Å². The summed E-state index contributed by atoms with van der Waals surface area (Å²) >= 11 is 6.10. The van der Waals surface area contributed by atoms with Gasteiger partial charge in [-0.3, -0.25) is 14.9 Å². The molecule has 5 rings (SSSR count). The topological polar surface area (TPSA) is 93.3 Å². The summed E-state index contributed by atoms with van der Waals surface area (Å²) in [7, 11) is 0. The Morgan fingerprint density at radius 3 is 2.27 bits per heavy atom. The number of non-ortho nitro benzene ring substituents is 1. The predicted molar refractivity (Wildman–Crippen MR) is 128 cm³/mol. The van der Waals surface area contributed by atoms with Crippen LogP contribution in [-0.4, -0.2) is 19.5 Å². The van der Waals surface area contributed by atoms with Crippen LogP contribution in [0.25, 0.3) is 28.0 Å². The van der Waals surface area contributed by atoms with Crippen LogP contribution in [0.15, 0.2) is 89.7 Å². The van der Waals surface area contributed by atoms with Gasteiger partial charge in [-0.2, -0.15) is 9.61 Å². The Labute approximate surface area is 193 Å². The molecule has 0 saturated heterocycles. The lowest BCUT2D eigenvalue weighted by Crippen LogP contribution is -2.14. The van der Waals surface area contributed by atoms with E-state index in [0.717, 1.165) is 22.4 Å². The minimum atomic E-state index is -0.457. The summed E-state index contributed by atoms with van der Waals surface area (Å²) in [5, 5.41) is 16.2. The van der Waals surface area contributed by atoms with E-state index >= 15 is 0 Å². The van der Waals surface area contributed by atoms with Gasteiger partial charge in [-0.15, -0.1) is 0 Å². The highest BCUT2D eigenvalue weighted by Crippen LogP contribution is 2.31. The first-order chi connectivity index (χ1) is 16.0. The molecule has 0 atom stereocenters. The van der Waals surface area contributed by atoms with Gasteiger partial charge in [-0.1, -0.05) is 54.1 Å². The van der Waals surface area contributed by atoms with Crippen molar-refractivity contribution in [3.63, 3.8) is 0 Å². The maximum atomic E-state index is 13.0. The minimum Gasteiger partial charge on any atom is -0.339 e. The molecule has 0 unspecified atom stereocenters. The fourth-order valence-corrected chi connectivity index (χ4v) is 3.96. The highest BCUT2D eigenvalue weighted by Gasteiger charge is 2.19. The smallest absolute Gasteiger partial charge is 0.274 e. The van der Waals surface area contributed by atoms with E-state index < -0.39 is 4.92 Å². The lowest BCUT2D eigenvalue weighted by atomic mass is 10.0. The molecule has 0 aliphatic rings. The molecule has 2 heterocycles. The number of hydrogen-bond acceptors (Lipinski definition) is 4. The van der Waals surface area contributed by atoms with Crippen LogP contribution in [0.2, 0.25) is 5.02 Å². The van der Waals surface area contributed by atoms with Crippen molar-refractivity contribution in [1.29, 1.82) is 0 Å². The number of fused-ring (bicyclic) bond motifs is 1. The molecule has 0 fully saturated rings. The molecule has 8 heteroatoms. The van der Waals surface area contributed by atoms with E-state index in [9.17, 15) is 14.9 Å². The maximum Gasteiger partial charge on any atom is 0.274 e. The van der Waals surface area contributed by atoms with Gasteiger partial charge in [-0.25, -0.2) is 0 Å². The van der Waals surface area contributed by atoms with E-state index in [1.54, 1.807) is 24.3 Å². The number of nitro groups is 1. The van der Waals surface area contributed by atoms with E-state index in [1.807, 2.05) is 42.5 Å². The molecule has 0 amide bonds. The summed E-state index contributed by atoms with van der Waals surface area (Å²) in [6.07, 6.45) is 0.542. The summed E-state index contributed by atoms with van der Waals surface area (Å²) in [4.78, 5) is 26.8. The number of benzene rings is 3. The van der Waals surface area contributed by atoms with Crippen molar-refractivity contribution in [2.24, 2.45) is 0 Å². The normalized spacial score (nSPS) is 11.1. The zero-order valence-corrected chi connectivity index (χ0v) is 18.0. The molecule has 0 aliphatic carbocycles. The SMILES string of the molecule is O=c1cc(-c2ccc([N+](=O)[O-])cc2)[nH]c2c(-c3ccc(Cl)cc3)c(Cc3ccccc3)nn12.